The summed E-state index contributed by atoms with van der Waals surface area (Å²) in [7, 11) is 3.17. The van der Waals surface area contributed by atoms with E-state index in [0.29, 0.717) is 23.7 Å². The maximum absolute atomic E-state index is 12.9. The highest BCUT2D eigenvalue weighted by Crippen LogP contribution is 2.30. The van der Waals surface area contributed by atoms with Gasteiger partial charge in [0.25, 0.3) is 0 Å². The van der Waals surface area contributed by atoms with Gasteiger partial charge in [0, 0.05) is 24.7 Å². The summed E-state index contributed by atoms with van der Waals surface area (Å²) in [5.74, 6) is 1.87. The van der Waals surface area contributed by atoms with Crippen LogP contribution in [0.4, 0.5) is 11.5 Å². The number of anilines is 2. The van der Waals surface area contributed by atoms with Crippen LogP contribution in [0.5, 0.6) is 11.5 Å². The van der Waals surface area contributed by atoms with Crippen molar-refractivity contribution in [2.24, 2.45) is 5.92 Å². The number of amides is 1. The molecule has 0 bridgehead atoms. The maximum Gasteiger partial charge on any atom is 0.229 e. The molecule has 1 unspecified atom stereocenters. The molecule has 2 aromatic carbocycles. The predicted molar refractivity (Wildman–Crippen MR) is 121 cm³/mol. The first-order valence-electron chi connectivity index (χ1n) is 10.3. The van der Waals surface area contributed by atoms with Gasteiger partial charge in [0.1, 0.15) is 11.5 Å². The summed E-state index contributed by atoms with van der Waals surface area (Å²) < 4.78 is 10.6. The van der Waals surface area contributed by atoms with E-state index in [9.17, 15) is 4.79 Å². The smallest absolute Gasteiger partial charge is 0.229 e. The summed E-state index contributed by atoms with van der Waals surface area (Å²) in [6, 6.07) is 19.3. The van der Waals surface area contributed by atoms with Crippen molar-refractivity contribution in [2.75, 3.05) is 37.5 Å². The first-order valence-corrected chi connectivity index (χ1v) is 10.3. The molecule has 1 N–H and O–H groups in total. The molecule has 3 aromatic rings. The molecule has 1 aromatic heterocycles. The van der Waals surface area contributed by atoms with Crippen molar-refractivity contribution in [3.05, 3.63) is 60.7 Å². The second-order valence-electron chi connectivity index (χ2n) is 7.48. The number of rotatable bonds is 6. The monoisotopic (exact) mass is 418 g/mol. The van der Waals surface area contributed by atoms with Gasteiger partial charge in [-0.25, -0.2) is 0 Å². The van der Waals surface area contributed by atoms with Crippen LogP contribution in [0.15, 0.2) is 60.7 Å². The van der Waals surface area contributed by atoms with Crippen LogP contribution in [0, 0.1) is 5.92 Å². The molecule has 0 saturated carbocycles. The molecule has 1 fully saturated rings. The normalized spacial score (nSPS) is 15.9. The molecule has 1 atom stereocenters. The van der Waals surface area contributed by atoms with E-state index in [1.54, 1.807) is 32.4 Å². The van der Waals surface area contributed by atoms with E-state index in [1.807, 2.05) is 42.5 Å². The van der Waals surface area contributed by atoms with Crippen molar-refractivity contribution in [1.82, 2.24) is 10.2 Å². The van der Waals surface area contributed by atoms with Gasteiger partial charge in [0.2, 0.25) is 5.91 Å². The van der Waals surface area contributed by atoms with Crippen LogP contribution in [0.3, 0.4) is 0 Å². The Morgan fingerprint density at radius 3 is 2.58 bits per heavy atom. The Hall–Kier alpha value is -3.61. The summed E-state index contributed by atoms with van der Waals surface area (Å²) in [5.41, 5.74) is 2.51. The van der Waals surface area contributed by atoms with E-state index in [4.69, 9.17) is 9.47 Å². The van der Waals surface area contributed by atoms with Crippen LogP contribution < -0.4 is 19.7 Å². The highest BCUT2D eigenvalue weighted by atomic mass is 16.5. The summed E-state index contributed by atoms with van der Waals surface area (Å²) in [5, 5.41) is 11.8. The standard InChI is InChI=1S/C24H26N4O3/c1-30-19-10-11-21(22(15-19)31-2)25-24(29)18-9-6-14-28(16-18)23-13-12-20(26-27-23)17-7-4-3-5-8-17/h3-5,7-8,10-13,15,18H,6,9,14,16H2,1-2H3,(H,25,29). The lowest BCUT2D eigenvalue weighted by atomic mass is 9.97. The van der Waals surface area contributed by atoms with Gasteiger partial charge in [-0.05, 0) is 37.1 Å². The molecule has 31 heavy (non-hydrogen) atoms. The lowest BCUT2D eigenvalue weighted by Crippen LogP contribution is -2.41. The van der Waals surface area contributed by atoms with E-state index in [1.165, 1.54) is 0 Å². The second-order valence-corrected chi connectivity index (χ2v) is 7.48. The average molecular weight is 418 g/mol. The lowest BCUT2D eigenvalue weighted by Gasteiger charge is -2.32. The van der Waals surface area contributed by atoms with Crippen molar-refractivity contribution in [3.8, 4) is 22.8 Å². The van der Waals surface area contributed by atoms with Gasteiger partial charge in [-0.15, -0.1) is 10.2 Å². The lowest BCUT2D eigenvalue weighted by molar-refractivity contribution is -0.120. The second kappa shape index (κ2) is 9.47. The summed E-state index contributed by atoms with van der Waals surface area (Å²) in [6.07, 6.45) is 1.75. The molecule has 0 aliphatic carbocycles. The fourth-order valence-electron chi connectivity index (χ4n) is 3.79. The molecule has 160 valence electrons. The first kappa shape index (κ1) is 20.7. The van der Waals surface area contributed by atoms with E-state index >= 15 is 0 Å². The quantitative estimate of drug-likeness (QED) is 0.652. The number of benzene rings is 2. The molecular weight excluding hydrogens is 392 g/mol. The Morgan fingerprint density at radius 1 is 1.03 bits per heavy atom. The van der Waals surface area contributed by atoms with E-state index in [0.717, 1.165) is 36.5 Å². The number of carbonyl (C=O) groups excluding carboxylic acids is 1. The molecule has 1 amide bonds. The molecule has 4 rings (SSSR count). The minimum atomic E-state index is -0.142. The number of carbonyl (C=O) groups is 1. The van der Waals surface area contributed by atoms with Gasteiger partial charge >= 0.3 is 0 Å². The predicted octanol–water partition coefficient (Wildman–Crippen LogP) is 4.02. The van der Waals surface area contributed by atoms with E-state index < -0.39 is 0 Å². The molecule has 7 nitrogen and oxygen atoms in total. The maximum atomic E-state index is 12.9. The minimum absolute atomic E-state index is 0.0259. The van der Waals surface area contributed by atoms with Crippen molar-refractivity contribution >= 4 is 17.4 Å². The zero-order valence-electron chi connectivity index (χ0n) is 17.7. The third kappa shape index (κ3) is 4.77. The summed E-state index contributed by atoms with van der Waals surface area (Å²) in [6.45, 7) is 1.46. The van der Waals surface area contributed by atoms with Crippen molar-refractivity contribution in [2.45, 2.75) is 12.8 Å². The number of hydrogen-bond donors (Lipinski definition) is 1. The van der Waals surface area contributed by atoms with Gasteiger partial charge < -0.3 is 19.7 Å². The van der Waals surface area contributed by atoms with Gasteiger partial charge in [-0.1, -0.05) is 30.3 Å². The van der Waals surface area contributed by atoms with Crippen molar-refractivity contribution in [3.63, 3.8) is 0 Å². The number of ether oxygens (including phenoxy) is 2. The molecule has 1 saturated heterocycles. The Bertz CT molecular complexity index is 1020. The first-order chi connectivity index (χ1) is 15.2. The average Bonchev–Trinajstić information content (AvgIpc) is 2.85. The molecule has 7 heteroatoms. The highest BCUT2D eigenvalue weighted by Gasteiger charge is 2.27. The zero-order chi connectivity index (χ0) is 21.6. The molecule has 1 aliphatic rings. The Kier molecular flexibility index (Phi) is 6.31. The number of aromatic nitrogens is 2. The van der Waals surface area contributed by atoms with Crippen LogP contribution in [-0.2, 0) is 4.79 Å². The SMILES string of the molecule is COc1ccc(NC(=O)C2CCCN(c3ccc(-c4ccccc4)nn3)C2)c(OC)c1. The van der Waals surface area contributed by atoms with Crippen LogP contribution in [0.25, 0.3) is 11.3 Å². The number of methoxy groups -OCH3 is 2. The highest BCUT2D eigenvalue weighted by molar-refractivity contribution is 5.94. The summed E-state index contributed by atoms with van der Waals surface area (Å²) >= 11 is 0. The molecule has 1 aliphatic heterocycles. The van der Waals surface area contributed by atoms with Gasteiger partial charge in [0.05, 0.1) is 31.5 Å². The van der Waals surface area contributed by atoms with Crippen molar-refractivity contribution < 1.29 is 14.3 Å². The van der Waals surface area contributed by atoms with Gasteiger partial charge in [-0.3, -0.25) is 4.79 Å². The molecule has 2 heterocycles. The third-order valence-electron chi connectivity index (χ3n) is 5.50. The van der Waals surface area contributed by atoms with Crippen LogP contribution in [0.2, 0.25) is 0 Å². The molecular formula is C24H26N4O3. The number of nitrogens with one attached hydrogen (secondary N) is 1. The van der Waals surface area contributed by atoms with E-state index in [2.05, 4.69) is 20.4 Å². The summed E-state index contributed by atoms with van der Waals surface area (Å²) in [4.78, 5) is 15.1. The Labute approximate surface area is 182 Å². The number of hydrogen-bond acceptors (Lipinski definition) is 6. The zero-order valence-corrected chi connectivity index (χ0v) is 17.7. The van der Waals surface area contributed by atoms with Crippen molar-refractivity contribution in [1.29, 1.82) is 0 Å². The van der Waals surface area contributed by atoms with Gasteiger partial charge in [0.15, 0.2) is 5.82 Å². The fraction of sp³-hybridized carbons (Fsp3) is 0.292. The van der Waals surface area contributed by atoms with Crippen LogP contribution in [-0.4, -0.2) is 43.4 Å². The van der Waals surface area contributed by atoms with Crippen LogP contribution >= 0.6 is 0 Å². The van der Waals surface area contributed by atoms with Gasteiger partial charge in [-0.2, -0.15) is 0 Å². The number of piperidine rings is 1. The topological polar surface area (TPSA) is 76.6 Å². The Morgan fingerprint density at radius 2 is 1.87 bits per heavy atom. The Balaban J connectivity index is 1.43. The molecule has 0 spiro atoms. The van der Waals surface area contributed by atoms with Crippen LogP contribution in [0.1, 0.15) is 12.8 Å². The minimum Gasteiger partial charge on any atom is -0.497 e. The third-order valence-corrected chi connectivity index (χ3v) is 5.50. The fourth-order valence-corrected chi connectivity index (χ4v) is 3.79. The number of nitrogens with zero attached hydrogens (tertiary/aromatic N) is 3. The largest absolute Gasteiger partial charge is 0.497 e. The molecule has 0 radical (unpaired) electrons. The van der Waals surface area contributed by atoms with E-state index in [-0.39, 0.29) is 11.8 Å².